The summed E-state index contributed by atoms with van der Waals surface area (Å²) in [4.78, 5) is 0. The SMILES string of the molecule is CC1(O)CCCC1c1ccccc1. The number of hydrogen-bond donors (Lipinski definition) is 1. The molecule has 2 atom stereocenters. The van der Waals surface area contributed by atoms with Gasteiger partial charge in [0.25, 0.3) is 0 Å². The highest BCUT2D eigenvalue weighted by Crippen LogP contribution is 2.42. The minimum atomic E-state index is -0.485. The first-order valence-electron chi connectivity index (χ1n) is 4.97. The Kier molecular flexibility index (Phi) is 2.12. The zero-order valence-corrected chi connectivity index (χ0v) is 8.03. The molecular weight excluding hydrogens is 160 g/mol. The van der Waals surface area contributed by atoms with Crippen molar-refractivity contribution in [3.63, 3.8) is 0 Å². The van der Waals surface area contributed by atoms with Gasteiger partial charge in [0.2, 0.25) is 0 Å². The zero-order valence-electron chi connectivity index (χ0n) is 8.03. The van der Waals surface area contributed by atoms with E-state index in [0.717, 1.165) is 19.3 Å². The standard InChI is InChI=1S/C12H16O/c1-12(13)9-5-8-11(12)10-6-3-2-4-7-10/h2-4,6-7,11,13H,5,8-9H2,1H3. The summed E-state index contributed by atoms with van der Waals surface area (Å²) in [5.41, 5.74) is 0.798. The fraction of sp³-hybridized carbons (Fsp3) is 0.500. The van der Waals surface area contributed by atoms with Crippen molar-refractivity contribution in [3.8, 4) is 0 Å². The molecule has 0 radical (unpaired) electrons. The van der Waals surface area contributed by atoms with Crippen molar-refractivity contribution in [3.05, 3.63) is 35.9 Å². The van der Waals surface area contributed by atoms with Gasteiger partial charge in [0.05, 0.1) is 5.60 Å². The van der Waals surface area contributed by atoms with Crippen LogP contribution >= 0.6 is 0 Å². The third-order valence-corrected chi connectivity index (χ3v) is 3.13. The molecule has 1 aromatic rings. The van der Waals surface area contributed by atoms with Crippen LogP contribution in [0.1, 0.15) is 37.7 Å². The Morgan fingerprint density at radius 1 is 1.31 bits per heavy atom. The van der Waals surface area contributed by atoms with Gasteiger partial charge in [-0.2, -0.15) is 0 Å². The largest absolute Gasteiger partial charge is 0.390 e. The van der Waals surface area contributed by atoms with Gasteiger partial charge >= 0.3 is 0 Å². The summed E-state index contributed by atoms with van der Waals surface area (Å²) in [6.45, 7) is 1.96. The first-order chi connectivity index (χ1) is 6.20. The molecule has 1 heteroatoms. The highest BCUT2D eigenvalue weighted by molar-refractivity contribution is 5.23. The second kappa shape index (κ2) is 3.15. The van der Waals surface area contributed by atoms with Crippen molar-refractivity contribution in [2.75, 3.05) is 0 Å². The fourth-order valence-electron chi connectivity index (χ4n) is 2.36. The maximum Gasteiger partial charge on any atom is 0.0688 e. The molecule has 2 rings (SSSR count). The smallest absolute Gasteiger partial charge is 0.0688 e. The van der Waals surface area contributed by atoms with Crippen LogP contribution in [0.15, 0.2) is 30.3 Å². The predicted octanol–water partition coefficient (Wildman–Crippen LogP) is 2.71. The van der Waals surface area contributed by atoms with Crippen molar-refractivity contribution in [1.29, 1.82) is 0 Å². The van der Waals surface area contributed by atoms with Crippen LogP contribution < -0.4 is 0 Å². The molecule has 0 amide bonds. The van der Waals surface area contributed by atoms with Gasteiger partial charge in [-0.15, -0.1) is 0 Å². The lowest BCUT2D eigenvalue weighted by Gasteiger charge is -2.25. The maximum atomic E-state index is 10.1. The molecule has 13 heavy (non-hydrogen) atoms. The molecule has 2 unspecified atom stereocenters. The van der Waals surface area contributed by atoms with Crippen LogP contribution in [0.4, 0.5) is 0 Å². The lowest BCUT2D eigenvalue weighted by Crippen LogP contribution is -2.26. The Labute approximate surface area is 79.4 Å². The molecule has 1 nitrogen and oxygen atoms in total. The molecule has 1 aromatic carbocycles. The average Bonchev–Trinajstić information content (AvgIpc) is 2.47. The van der Waals surface area contributed by atoms with E-state index in [4.69, 9.17) is 0 Å². The normalized spacial score (nSPS) is 33.5. The van der Waals surface area contributed by atoms with E-state index in [-0.39, 0.29) is 0 Å². The lowest BCUT2D eigenvalue weighted by atomic mass is 9.87. The van der Waals surface area contributed by atoms with Crippen molar-refractivity contribution < 1.29 is 5.11 Å². The van der Waals surface area contributed by atoms with Gasteiger partial charge in [-0.25, -0.2) is 0 Å². The van der Waals surface area contributed by atoms with Gasteiger partial charge in [-0.05, 0) is 31.7 Å². The molecule has 0 aliphatic heterocycles. The van der Waals surface area contributed by atoms with Crippen molar-refractivity contribution >= 4 is 0 Å². The molecule has 0 saturated heterocycles. The Balaban J connectivity index is 2.27. The summed E-state index contributed by atoms with van der Waals surface area (Å²) >= 11 is 0. The molecule has 0 aromatic heterocycles. The van der Waals surface area contributed by atoms with Crippen LogP contribution in [0.2, 0.25) is 0 Å². The number of benzene rings is 1. The topological polar surface area (TPSA) is 20.2 Å². The number of aliphatic hydroxyl groups is 1. The Morgan fingerprint density at radius 2 is 2.00 bits per heavy atom. The quantitative estimate of drug-likeness (QED) is 0.697. The van der Waals surface area contributed by atoms with Gasteiger partial charge in [-0.1, -0.05) is 30.3 Å². The van der Waals surface area contributed by atoms with E-state index in [2.05, 4.69) is 12.1 Å². The molecule has 0 bridgehead atoms. The molecular formula is C12H16O. The van der Waals surface area contributed by atoms with E-state index in [1.54, 1.807) is 0 Å². The second-order valence-electron chi connectivity index (χ2n) is 4.21. The summed E-state index contributed by atoms with van der Waals surface area (Å²) in [6, 6.07) is 10.3. The predicted molar refractivity (Wildman–Crippen MR) is 53.7 cm³/mol. The lowest BCUT2D eigenvalue weighted by molar-refractivity contribution is 0.0497. The number of hydrogen-bond acceptors (Lipinski definition) is 1. The third-order valence-electron chi connectivity index (χ3n) is 3.13. The van der Waals surface area contributed by atoms with Gasteiger partial charge in [0.1, 0.15) is 0 Å². The van der Waals surface area contributed by atoms with Crippen LogP contribution in [-0.4, -0.2) is 10.7 Å². The van der Waals surface area contributed by atoms with Gasteiger partial charge in [0.15, 0.2) is 0 Å². The molecule has 1 aliphatic rings. The summed E-state index contributed by atoms with van der Waals surface area (Å²) in [5.74, 6) is 0.341. The van der Waals surface area contributed by atoms with Crippen LogP contribution in [0.5, 0.6) is 0 Å². The van der Waals surface area contributed by atoms with Gasteiger partial charge < -0.3 is 5.11 Å². The van der Waals surface area contributed by atoms with Crippen LogP contribution in [0.3, 0.4) is 0 Å². The van der Waals surface area contributed by atoms with Crippen molar-refractivity contribution in [2.45, 2.75) is 37.7 Å². The minimum Gasteiger partial charge on any atom is -0.390 e. The van der Waals surface area contributed by atoms with Crippen molar-refractivity contribution in [2.24, 2.45) is 0 Å². The monoisotopic (exact) mass is 176 g/mol. The zero-order chi connectivity index (χ0) is 9.31. The summed E-state index contributed by atoms with van der Waals surface area (Å²) < 4.78 is 0. The van der Waals surface area contributed by atoms with E-state index in [0.29, 0.717) is 5.92 Å². The van der Waals surface area contributed by atoms with E-state index >= 15 is 0 Å². The van der Waals surface area contributed by atoms with E-state index in [1.165, 1.54) is 5.56 Å². The fourth-order valence-corrected chi connectivity index (χ4v) is 2.36. The Morgan fingerprint density at radius 3 is 2.54 bits per heavy atom. The molecule has 70 valence electrons. The van der Waals surface area contributed by atoms with Gasteiger partial charge in [-0.3, -0.25) is 0 Å². The highest BCUT2D eigenvalue weighted by atomic mass is 16.3. The first kappa shape index (κ1) is 8.76. The maximum absolute atomic E-state index is 10.1. The molecule has 0 spiro atoms. The van der Waals surface area contributed by atoms with Crippen LogP contribution in [0, 0.1) is 0 Å². The van der Waals surface area contributed by atoms with Gasteiger partial charge in [0, 0.05) is 5.92 Å². The first-order valence-corrected chi connectivity index (χ1v) is 4.97. The van der Waals surface area contributed by atoms with E-state index in [9.17, 15) is 5.11 Å². The molecule has 1 saturated carbocycles. The third kappa shape index (κ3) is 1.61. The number of rotatable bonds is 1. The Hall–Kier alpha value is -0.820. The average molecular weight is 176 g/mol. The second-order valence-corrected chi connectivity index (χ2v) is 4.21. The van der Waals surface area contributed by atoms with E-state index < -0.39 is 5.60 Å². The van der Waals surface area contributed by atoms with Crippen LogP contribution in [-0.2, 0) is 0 Å². The minimum absolute atomic E-state index is 0.341. The summed E-state index contributed by atoms with van der Waals surface area (Å²) in [7, 11) is 0. The summed E-state index contributed by atoms with van der Waals surface area (Å²) in [6.07, 6.45) is 3.20. The molecule has 1 fully saturated rings. The molecule has 1 N–H and O–H groups in total. The molecule has 0 heterocycles. The van der Waals surface area contributed by atoms with Crippen LogP contribution in [0.25, 0.3) is 0 Å². The highest BCUT2D eigenvalue weighted by Gasteiger charge is 2.37. The van der Waals surface area contributed by atoms with E-state index in [1.807, 2.05) is 25.1 Å². The Bertz CT molecular complexity index is 276. The summed E-state index contributed by atoms with van der Waals surface area (Å²) in [5, 5.41) is 10.1. The van der Waals surface area contributed by atoms with Crippen molar-refractivity contribution in [1.82, 2.24) is 0 Å². The molecule has 1 aliphatic carbocycles.